The van der Waals surface area contributed by atoms with Crippen LogP contribution in [0.25, 0.3) is 0 Å². The molecule has 1 unspecified atom stereocenters. The van der Waals surface area contributed by atoms with E-state index in [1.807, 2.05) is 42.8 Å². The maximum Gasteiger partial charge on any atom is 0.251 e. The first-order chi connectivity index (χ1) is 15.0. The monoisotopic (exact) mass is 454 g/mol. The van der Waals surface area contributed by atoms with E-state index < -0.39 is 6.04 Å². The Morgan fingerprint density at radius 2 is 1.90 bits per heavy atom. The number of aryl methyl sites for hydroxylation is 2. The molecule has 0 saturated heterocycles. The zero-order valence-electron chi connectivity index (χ0n) is 17.5. The van der Waals surface area contributed by atoms with Crippen LogP contribution in [0.4, 0.5) is 5.82 Å². The van der Waals surface area contributed by atoms with E-state index in [2.05, 4.69) is 27.9 Å². The van der Waals surface area contributed by atoms with Gasteiger partial charge < -0.3 is 10.6 Å². The highest BCUT2D eigenvalue weighted by Gasteiger charge is 2.33. The van der Waals surface area contributed by atoms with Crippen LogP contribution in [0.3, 0.4) is 0 Å². The van der Waals surface area contributed by atoms with Crippen LogP contribution in [0.15, 0.2) is 66.0 Å². The Morgan fingerprint density at radius 3 is 2.65 bits per heavy atom. The number of rotatable bonds is 6. The number of amides is 1. The van der Waals surface area contributed by atoms with Crippen LogP contribution in [0, 0.1) is 6.92 Å². The van der Waals surface area contributed by atoms with E-state index in [1.165, 1.54) is 5.56 Å². The molecule has 0 bridgehead atoms. The van der Waals surface area contributed by atoms with Gasteiger partial charge in [-0.15, -0.1) is 0 Å². The number of hydrogen-bond donors (Lipinski definition) is 2. The second kappa shape index (κ2) is 9.16. The summed E-state index contributed by atoms with van der Waals surface area (Å²) in [5.74, 6) is 0.752. The molecule has 31 heavy (non-hydrogen) atoms. The molecule has 1 amide bonds. The number of halogens is 2. The summed E-state index contributed by atoms with van der Waals surface area (Å²) in [5.41, 5.74) is 4.54. The summed E-state index contributed by atoms with van der Waals surface area (Å²) < 4.78 is 1.83. The third-order valence-electron chi connectivity index (χ3n) is 5.48. The summed E-state index contributed by atoms with van der Waals surface area (Å²) in [6.45, 7) is 4.49. The van der Waals surface area contributed by atoms with Crippen molar-refractivity contribution >= 4 is 34.9 Å². The third-order valence-corrected chi connectivity index (χ3v) is 6.22. The van der Waals surface area contributed by atoms with Gasteiger partial charge in [-0.25, -0.2) is 4.68 Å². The van der Waals surface area contributed by atoms with Crippen molar-refractivity contribution in [3.05, 3.63) is 92.7 Å². The fourth-order valence-corrected chi connectivity index (χ4v) is 4.20. The smallest absolute Gasteiger partial charge is 0.251 e. The van der Waals surface area contributed by atoms with Crippen LogP contribution in [-0.4, -0.2) is 22.2 Å². The van der Waals surface area contributed by atoms with Crippen LogP contribution in [0.1, 0.15) is 36.1 Å². The Balaban J connectivity index is 1.57. The van der Waals surface area contributed by atoms with Gasteiger partial charge >= 0.3 is 0 Å². The number of carbonyl (C=O) groups is 1. The predicted octanol–water partition coefficient (Wildman–Crippen LogP) is 5.54. The van der Waals surface area contributed by atoms with Crippen molar-refractivity contribution < 1.29 is 4.79 Å². The molecule has 0 aliphatic carbocycles. The first-order valence-corrected chi connectivity index (χ1v) is 11.0. The van der Waals surface area contributed by atoms with Crippen molar-refractivity contribution in [3.8, 4) is 0 Å². The maximum absolute atomic E-state index is 13.3. The van der Waals surface area contributed by atoms with Gasteiger partial charge in [-0.05, 0) is 49.9 Å². The van der Waals surface area contributed by atoms with Crippen molar-refractivity contribution in [2.75, 3.05) is 11.9 Å². The third kappa shape index (κ3) is 4.48. The van der Waals surface area contributed by atoms with E-state index in [9.17, 15) is 4.79 Å². The molecule has 3 aromatic rings. The molecule has 4 rings (SSSR count). The van der Waals surface area contributed by atoms with Crippen molar-refractivity contribution in [3.63, 3.8) is 0 Å². The Kier molecular flexibility index (Phi) is 6.35. The SMILES string of the molecule is CC1=C(C(=O)NCCCc2ccccc2)C(c2ccc(Cl)c(Cl)c2)n2ncc(C)c2N1. The van der Waals surface area contributed by atoms with Gasteiger partial charge in [-0.3, -0.25) is 4.79 Å². The molecule has 1 aliphatic heterocycles. The minimum absolute atomic E-state index is 0.118. The van der Waals surface area contributed by atoms with E-state index in [-0.39, 0.29) is 5.91 Å². The molecule has 2 N–H and O–H groups in total. The zero-order valence-corrected chi connectivity index (χ0v) is 19.0. The van der Waals surface area contributed by atoms with Gasteiger partial charge in [0.2, 0.25) is 0 Å². The zero-order chi connectivity index (χ0) is 22.0. The fraction of sp³-hybridized carbons (Fsp3) is 0.250. The topological polar surface area (TPSA) is 59.0 Å². The molecule has 1 atom stereocenters. The number of aromatic nitrogens is 2. The lowest BCUT2D eigenvalue weighted by Crippen LogP contribution is -2.35. The molecule has 5 nitrogen and oxygen atoms in total. The van der Waals surface area contributed by atoms with Crippen LogP contribution in [0.5, 0.6) is 0 Å². The van der Waals surface area contributed by atoms with Crippen molar-refractivity contribution in [2.45, 2.75) is 32.7 Å². The van der Waals surface area contributed by atoms with Gasteiger partial charge in [0, 0.05) is 17.8 Å². The first-order valence-electron chi connectivity index (χ1n) is 10.2. The second-order valence-corrected chi connectivity index (χ2v) is 8.52. The lowest BCUT2D eigenvalue weighted by molar-refractivity contribution is -0.118. The Morgan fingerprint density at radius 1 is 1.13 bits per heavy atom. The Bertz CT molecular complexity index is 1140. The quantitative estimate of drug-likeness (QED) is 0.480. The fourth-order valence-electron chi connectivity index (χ4n) is 3.89. The van der Waals surface area contributed by atoms with Crippen LogP contribution >= 0.6 is 23.2 Å². The summed E-state index contributed by atoms with van der Waals surface area (Å²) in [7, 11) is 0. The summed E-state index contributed by atoms with van der Waals surface area (Å²) in [4.78, 5) is 13.3. The molecule has 0 spiro atoms. The lowest BCUT2D eigenvalue weighted by Gasteiger charge is -2.30. The van der Waals surface area contributed by atoms with Gasteiger partial charge in [-0.2, -0.15) is 5.10 Å². The van der Waals surface area contributed by atoms with E-state index in [0.717, 1.165) is 35.5 Å². The highest BCUT2D eigenvalue weighted by atomic mass is 35.5. The second-order valence-electron chi connectivity index (χ2n) is 7.71. The van der Waals surface area contributed by atoms with E-state index in [4.69, 9.17) is 23.2 Å². The molecule has 160 valence electrons. The van der Waals surface area contributed by atoms with Crippen LogP contribution in [-0.2, 0) is 11.2 Å². The largest absolute Gasteiger partial charge is 0.352 e. The minimum atomic E-state index is -0.395. The lowest BCUT2D eigenvalue weighted by atomic mass is 9.94. The van der Waals surface area contributed by atoms with Gasteiger partial charge in [0.25, 0.3) is 5.91 Å². The van der Waals surface area contributed by atoms with Crippen LogP contribution in [0.2, 0.25) is 10.0 Å². The van der Waals surface area contributed by atoms with Crippen LogP contribution < -0.4 is 10.6 Å². The Labute approximate surface area is 192 Å². The summed E-state index contributed by atoms with van der Waals surface area (Å²) in [6, 6.07) is 15.3. The standard InChI is InChI=1S/C24H24Cl2N4O/c1-15-14-28-30-22(18-10-11-19(25)20(26)13-18)21(16(2)29-23(15)30)24(31)27-12-6-9-17-7-4-3-5-8-17/h3-5,7-8,10-11,13-14,22,29H,6,9,12H2,1-2H3,(H,27,31). The van der Waals surface area contributed by atoms with Gasteiger partial charge in [0.15, 0.2) is 0 Å². The van der Waals surface area contributed by atoms with Gasteiger partial charge in [-0.1, -0.05) is 59.6 Å². The number of nitrogens with zero attached hydrogens (tertiary/aromatic N) is 2. The van der Waals surface area contributed by atoms with Gasteiger partial charge in [0.1, 0.15) is 11.9 Å². The summed E-state index contributed by atoms with van der Waals surface area (Å²) >= 11 is 12.4. The predicted molar refractivity (Wildman–Crippen MR) is 126 cm³/mol. The Hall–Kier alpha value is -2.76. The molecule has 0 radical (unpaired) electrons. The molecule has 0 saturated carbocycles. The van der Waals surface area contributed by atoms with Gasteiger partial charge in [0.05, 0.1) is 21.8 Å². The molecule has 0 fully saturated rings. The average molecular weight is 455 g/mol. The number of carbonyl (C=O) groups excluding carboxylic acids is 1. The number of hydrogen-bond acceptors (Lipinski definition) is 3. The molecular formula is C24H24Cl2N4O. The maximum atomic E-state index is 13.3. The minimum Gasteiger partial charge on any atom is -0.352 e. The number of anilines is 1. The molecule has 1 aromatic heterocycles. The average Bonchev–Trinajstić information content (AvgIpc) is 3.13. The van der Waals surface area contributed by atoms with E-state index >= 15 is 0 Å². The highest BCUT2D eigenvalue weighted by Crippen LogP contribution is 2.38. The summed E-state index contributed by atoms with van der Waals surface area (Å²) in [5, 5.41) is 11.9. The molecule has 1 aliphatic rings. The number of fused-ring (bicyclic) bond motifs is 1. The molecule has 2 heterocycles. The van der Waals surface area contributed by atoms with Crippen molar-refractivity contribution in [1.29, 1.82) is 0 Å². The summed E-state index contributed by atoms with van der Waals surface area (Å²) in [6.07, 6.45) is 3.57. The van der Waals surface area contributed by atoms with E-state index in [0.29, 0.717) is 22.2 Å². The molecule has 7 heteroatoms. The number of nitrogens with one attached hydrogen (secondary N) is 2. The highest BCUT2D eigenvalue weighted by molar-refractivity contribution is 6.42. The van der Waals surface area contributed by atoms with Crippen molar-refractivity contribution in [1.82, 2.24) is 15.1 Å². The first kappa shape index (κ1) is 21.5. The molecule has 2 aromatic carbocycles. The molecular weight excluding hydrogens is 431 g/mol. The number of allylic oxidation sites excluding steroid dienone is 1. The van der Waals surface area contributed by atoms with Crippen molar-refractivity contribution in [2.24, 2.45) is 0 Å². The number of benzene rings is 2. The normalized spacial score (nSPS) is 15.4. The van der Waals surface area contributed by atoms with E-state index in [1.54, 1.807) is 18.3 Å².